The molecule has 1 nitrogen and oxygen atoms in total. The average Bonchev–Trinajstić information content (AvgIpc) is 2.22. The highest BCUT2D eigenvalue weighted by Gasteiger charge is 2.28. The summed E-state index contributed by atoms with van der Waals surface area (Å²) in [6, 6.07) is 6.78. The van der Waals surface area contributed by atoms with E-state index < -0.39 is 0 Å². The molecule has 1 aliphatic rings. The molecule has 0 aliphatic carbocycles. The molecule has 0 radical (unpaired) electrons. The quantitative estimate of drug-likeness (QED) is 0.843. The Labute approximate surface area is 113 Å². The van der Waals surface area contributed by atoms with Gasteiger partial charge in [0, 0.05) is 22.5 Å². The van der Waals surface area contributed by atoms with Crippen LogP contribution >= 0.6 is 23.4 Å². The predicted molar refractivity (Wildman–Crippen MR) is 79.3 cm³/mol. The maximum atomic E-state index is 6.14. The Balaban J connectivity index is 2.03. The third-order valence-electron chi connectivity index (χ3n) is 3.15. The van der Waals surface area contributed by atoms with Gasteiger partial charge in [-0.25, -0.2) is 0 Å². The molecule has 1 fully saturated rings. The van der Waals surface area contributed by atoms with E-state index in [0.29, 0.717) is 11.5 Å². The number of rotatable bonds is 2. The highest BCUT2D eigenvalue weighted by Crippen LogP contribution is 2.35. The summed E-state index contributed by atoms with van der Waals surface area (Å²) in [5.41, 5.74) is 2.72. The first kappa shape index (κ1) is 13.1. The summed E-state index contributed by atoms with van der Waals surface area (Å²) in [6.45, 7) is 6.72. The molecule has 1 aliphatic heterocycles. The van der Waals surface area contributed by atoms with Gasteiger partial charge in [0.1, 0.15) is 0 Å². The molecule has 94 valence electrons. The summed E-state index contributed by atoms with van der Waals surface area (Å²) in [5, 5.41) is 4.44. The van der Waals surface area contributed by atoms with E-state index in [4.69, 9.17) is 11.6 Å². The first-order chi connectivity index (χ1) is 7.96. The van der Waals surface area contributed by atoms with Crippen LogP contribution in [0.3, 0.4) is 0 Å². The Morgan fingerprint density at radius 1 is 1.41 bits per heavy atom. The lowest BCUT2D eigenvalue weighted by Gasteiger charge is -2.35. The van der Waals surface area contributed by atoms with Crippen molar-refractivity contribution in [3.63, 3.8) is 0 Å². The minimum absolute atomic E-state index is 0.440. The van der Waals surface area contributed by atoms with Crippen molar-refractivity contribution in [2.24, 2.45) is 5.41 Å². The minimum Gasteiger partial charge on any atom is -0.381 e. The molecule has 1 atom stereocenters. The zero-order valence-electron chi connectivity index (χ0n) is 10.7. The van der Waals surface area contributed by atoms with E-state index in [1.165, 1.54) is 17.9 Å². The van der Waals surface area contributed by atoms with Gasteiger partial charge >= 0.3 is 0 Å². The zero-order valence-corrected chi connectivity index (χ0v) is 12.3. The molecular weight excluding hydrogens is 250 g/mol. The lowest BCUT2D eigenvalue weighted by Crippen LogP contribution is -2.35. The summed E-state index contributed by atoms with van der Waals surface area (Å²) < 4.78 is 0. The monoisotopic (exact) mass is 269 g/mol. The number of anilines is 1. The lowest BCUT2D eigenvalue weighted by molar-refractivity contribution is 0.358. The Kier molecular flexibility index (Phi) is 3.94. The average molecular weight is 270 g/mol. The molecule has 0 bridgehead atoms. The Bertz CT molecular complexity index is 403. The van der Waals surface area contributed by atoms with Crippen molar-refractivity contribution in [1.82, 2.24) is 0 Å². The van der Waals surface area contributed by atoms with Gasteiger partial charge in [-0.1, -0.05) is 31.5 Å². The van der Waals surface area contributed by atoms with Crippen molar-refractivity contribution in [3.05, 3.63) is 28.8 Å². The number of nitrogens with one attached hydrogen (secondary N) is 1. The van der Waals surface area contributed by atoms with E-state index in [1.54, 1.807) is 0 Å². The van der Waals surface area contributed by atoms with Gasteiger partial charge in [0.2, 0.25) is 0 Å². The van der Waals surface area contributed by atoms with Gasteiger partial charge in [-0.2, -0.15) is 11.8 Å². The van der Waals surface area contributed by atoms with Crippen LogP contribution in [-0.4, -0.2) is 17.5 Å². The molecule has 3 heteroatoms. The minimum atomic E-state index is 0.440. The Morgan fingerprint density at radius 3 is 2.82 bits per heavy atom. The van der Waals surface area contributed by atoms with E-state index in [1.807, 2.05) is 24.8 Å². The SMILES string of the molecule is Cc1ccc(NC2CSCC(C)(C)C2)cc1Cl. The summed E-state index contributed by atoms with van der Waals surface area (Å²) in [6.07, 6.45) is 1.23. The Hall–Kier alpha value is -0.340. The molecule has 0 aromatic heterocycles. The molecule has 1 N–H and O–H groups in total. The summed E-state index contributed by atoms with van der Waals surface area (Å²) in [4.78, 5) is 0. The van der Waals surface area contributed by atoms with Crippen LogP contribution in [0.5, 0.6) is 0 Å². The fraction of sp³-hybridized carbons (Fsp3) is 0.571. The third-order valence-corrected chi connectivity index (χ3v) is 5.18. The first-order valence-electron chi connectivity index (χ1n) is 6.07. The largest absolute Gasteiger partial charge is 0.381 e. The number of thioether (sulfide) groups is 1. The van der Waals surface area contributed by atoms with Crippen LogP contribution in [0.2, 0.25) is 5.02 Å². The molecule has 2 rings (SSSR count). The van der Waals surface area contributed by atoms with Gasteiger partial charge < -0.3 is 5.32 Å². The summed E-state index contributed by atoms with van der Waals surface area (Å²) >= 11 is 8.18. The maximum Gasteiger partial charge on any atom is 0.0455 e. The topological polar surface area (TPSA) is 12.0 Å². The van der Waals surface area contributed by atoms with Crippen LogP contribution in [0.15, 0.2) is 18.2 Å². The van der Waals surface area contributed by atoms with Crippen LogP contribution in [0.25, 0.3) is 0 Å². The Morgan fingerprint density at radius 2 is 2.18 bits per heavy atom. The number of hydrogen-bond acceptors (Lipinski definition) is 2. The van der Waals surface area contributed by atoms with Crippen molar-refractivity contribution >= 4 is 29.1 Å². The molecule has 1 aromatic carbocycles. The second-order valence-electron chi connectivity index (χ2n) is 5.69. The van der Waals surface area contributed by atoms with E-state index in [2.05, 4.69) is 31.3 Å². The van der Waals surface area contributed by atoms with Gasteiger partial charge in [0.15, 0.2) is 0 Å². The molecule has 0 saturated carbocycles. The normalized spacial score (nSPS) is 23.4. The van der Waals surface area contributed by atoms with Crippen LogP contribution in [0, 0.1) is 12.3 Å². The molecule has 0 amide bonds. The van der Waals surface area contributed by atoms with Crippen molar-refractivity contribution in [3.8, 4) is 0 Å². The highest BCUT2D eigenvalue weighted by atomic mass is 35.5. The summed E-state index contributed by atoms with van der Waals surface area (Å²) in [5.74, 6) is 2.45. The van der Waals surface area contributed by atoms with Gasteiger partial charge in [0.05, 0.1) is 0 Å². The fourth-order valence-corrected chi connectivity index (χ4v) is 3.73. The predicted octanol–water partition coefficient (Wildman–Crippen LogP) is 4.59. The molecule has 17 heavy (non-hydrogen) atoms. The van der Waals surface area contributed by atoms with E-state index in [9.17, 15) is 0 Å². The maximum absolute atomic E-state index is 6.14. The second-order valence-corrected chi connectivity index (χ2v) is 7.13. The second kappa shape index (κ2) is 5.11. The molecule has 1 heterocycles. The van der Waals surface area contributed by atoms with Crippen LogP contribution in [0.4, 0.5) is 5.69 Å². The fourth-order valence-electron chi connectivity index (χ4n) is 2.27. The van der Waals surface area contributed by atoms with Gasteiger partial charge in [-0.3, -0.25) is 0 Å². The van der Waals surface area contributed by atoms with E-state index in [0.717, 1.165) is 16.3 Å². The van der Waals surface area contributed by atoms with Crippen LogP contribution < -0.4 is 5.32 Å². The zero-order chi connectivity index (χ0) is 12.5. The van der Waals surface area contributed by atoms with Gasteiger partial charge in [-0.05, 0) is 42.2 Å². The molecule has 1 aromatic rings. The molecule has 0 spiro atoms. The van der Waals surface area contributed by atoms with Crippen molar-refractivity contribution in [2.45, 2.75) is 33.2 Å². The molecular formula is C14H20ClNS. The van der Waals surface area contributed by atoms with Crippen LogP contribution in [0.1, 0.15) is 25.8 Å². The van der Waals surface area contributed by atoms with Crippen molar-refractivity contribution in [1.29, 1.82) is 0 Å². The van der Waals surface area contributed by atoms with Crippen LogP contribution in [-0.2, 0) is 0 Å². The standard InChI is InChI=1S/C14H20ClNS/c1-10-4-5-11(6-13(10)15)16-12-7-14(2,3)9-17-8-12/h4-6,12,16H,7-9H2,1-3H3. The van der Waals surface area contributed by atoms with Gasteiger partial charge in [-0.15, -0.1) is 0 Å². The van der Waals surface area contributed by atoms with Gasteiger partial charge in [0.25, 0.3) is 0 Å². The summed E-state index contributed by atoms with van der Waals surface area (Å²) in [7, 11) is 0. The molecule has 1 unspecified atom stereocenters. The smallest absolute Gasteiger partial charge is 0.0455 e. The number of halogens is 1. The number of hydrogen-bond donors (Lipinski definition) is 1. The third kappa shape index (κ3) is 3.56. The van der Waals surface area contributed by atoms with E-state index in [-0.39, 0.29) is 0 Å². The van der Waals surface area contributed by atoms with Crippen molar-refractivity contribution < 1.29 is 0 Å². The van der Waals surface area contributed by atoms with Crippen molar-refractivity contribution in [2.75, 3.05) is 16.8 Å². The lowest BCUT2D eigenvalue weighted by atomic mass is 9.88. The number of benzene rings is 1. The number of aryl methyl sites for hydroxylation is 1. The molecule has 1 saturated heterocycles. The highest BCUT2D eigenvalue weighted by molar-refractivity contribution is 7.99. The van der Waals surface area contributed by atoms with E-state index >= 15 is 0 Å². The first-order valence-corrected chi connectivity index (χ1v) is 7.60.